The second-order valence-electron chi connectivity index (χ2n) is 9.35. The van der Waals surface area contributed by atoms with E-state index in [-0.39, 0.29) is 6.04 Å². The van der Waals surface area contributed by atoms with Gasteiger partial charge in [0.25, 0.3) is 0 Å². The van der Waals surface area contributed by atoms with Crippen LogP contribution in [0.15, 0.2) is 48.5 Å². The fraction of sp³-hybridized carbons (Fsp3) is 0.429. The highest BCUT2D eigenvalue weighted by molar-refractivity contribution is 6.30. The Kier molecular flexibility index (Phi) is 7.74. The topological polar surface area (TPSA) is 46.0 Å². The summed E-state index contributed by atoms with van der Waals surface area (Å²) in [7, 11) is 2.22. The summed E-state index contributed by atoms with van der Waals surface area (Å²) in [6.07, 6.45) is 5.37. The Hall–Kier alpha value is -2.63. The van der Waals surface area contributed by atoms with Gasteiger partial charge in [0.2, 0.25) is 0 Å². The zero-order valence-electron chi connectivity index (χ0n) is 21.0. The molecule has 0 saturated carbocycles. The van der Waals surface area contributed by atoms with Crippen molar-refractivity contribution in [3.8, 4) is 11.3 Å². The van der Waals surface area contributed by atoms with Crippen molar-refractivity contribution in [1.29, 1.82) is 0 Å². The summed E-state index contributed by atoms with van der Waals surface area (Å²) in [5.41, 5.74) is 8.29. The molecule has 2 heterocycles. The maximum absolute atomic E-state index is 6.28. The average molecular weight is 478 g/mol. The van der Waals surface area contributed by atoms with E-state index in [2.05, 4.69) is 78.7 Å². The standard InChI is InChI=1S/C28H36ClN5/c1-6-19(3)33(5)15-13-21(7-2)22-11-12-25-26(17-22)27(30-24-10-8-9-23(29)18-24)14-16-34-28(25)20(4)31-32-34/h7-12,17-19,27,30H,6,13-16H2,1-5H3/b21-7+. The molecule has 0 aliphatic carbocycles. The molecule has 1 aromatic heterocycles. The van der Waals surface area contributed by atoms with Crippen LogP contribution in [0.5, 0.6) is 0 Å². The minimum atomic E-state index is 0.149. The monoisotopic (exact) mass is 477 g/mol. The predicted octanol–water partition coefficient (Wildman–Crippen LogP) is 6.99. The van der Waals surface area contributed by atoms with E-state index in [0.29, 0.717) is 6.04 Å². The minimum absolute atomic E-state index is 0.149. The SMILES string of the molecule is C/C=C(\CCN(C)C(C)CC)c1ccc2c(c1)C(Nc1cccc(Cl)c1)CCn1nnc(C)c1-2. The van der Waals surface area contributed by atoms with Crippen LogP contribution in [0.25, 0.3) is 16.8 Å². The largest absolute Gasteiger partial charge is 0.378 e. The number of anilines is 1. The summed E-state index contributed by atoms with van der Waals surface area (Å²) in [5.74, 6) is 0. The molecule has 2 atom stereocenters. The van der Waals surface area contributed by atoms with Gasteiger partial charge < -0.3 is 10.2 Å². The summed E-state index contributed by atoms with van der Waals surface area (Å²) in [5, 5.41) is 13.3. The molecule has 0 amide bonds. The van der Waals surface area contributed by atoms with Crippen LogP contribution in [0.2, 0.25) is 5.02 Å². The van der Waals surface area contributed by atoms with Crippen LogP contribution >= 0.6 is 11.6 Å². The van der Waals surface area contributed by atoms with Crippen molar-refractivity contribution in [2.45, 2.75) is 65.6 Å². The molecule has 0 fully saturated rings. The van der Waals surface area contributed by atoms with Crippen LogP contribution in [0.3, 0.4) is 0 Å². The summed E-state index contributed by atoms with van der Waals surface area (Å²) in [6.45, 7) is 10.6. The number of allylic oxidation sites excluding steroid dienone is 1. The molecule has 34 heavy (non-hydrogen) atoms. The maximum atomic E-state index is 6.28. The van der Waals surface area contributed by atoms with Crippen molar-refractivity contribution in [2.24, 2.45) is 0 Å². The van der Waals surface area contributed by atoms with E-state index in [1.165, 1.54) is 28.7 Å². The molecule has 0 saturated heterocycles. The number of rotatable bonds is 8. The first kappa shape index (κ1) is 24.5. The number of halogens is 1. The molecule has 1 aliphatic heterocycles. The molecule has 4 rings (SSSR count). The Bertz CT molecular complexity index is 1170. The number of nitrogens with one attached hydrogen (secondary N) is 1. The van der Waals surface area contributed by atoms with E-state index in [9.17, 15) is 0 Å². The third-order valence-electron chi connectivity index (χ3n) is 7.18. The van der Waals surface area contributed by atoms with E-state index in [1.54, 1.807) is 0 Å². The zero-order chi connectivity index (χ0) is 24.2. The van der Waals surface area contributed by atoms with Crippen molar-refractivity contribution in [1.82, 2.24) is 19.9 Å². The van der Waals surface area contributed by atoms with Crippen LogP contribution < -0.4 is 5.32 Å². The highest BCUT2D eigenvalue weighted by atomic mass is 35.5. The Morgan fingerprint density at radius 3 is 2.85 bits per heavy atom. The van der Waals surface area contributed by atoms with Gasteiger partial charge in [0.05, 0.1) is 17.4 Å². The zero-order valence-corrected chi connectivity index (χ0v) is 21.7. The van der Waals surface area contributed by atoms with Crippen molar-refractivity contribution < 1.29 is 0 Å². The Morgan fingerprint density at radius 1 is 1.29 bits per heavy atom. The third kappa shape index (κ3) is 5.21. The summed E-state index contributed by atoms with van der Waals surface area (Å²) in [4.78, 5) is 2.45. The molecule has 5 nitrogen and oxygen atoms in total. The lowest BCUT2D eigenvalue weighted by atomic mass is 9.91. The van der Waals surface area contributed by atoms with Crippen LogP contribution in [0, 0.1) is 6.92 Å². The van der Waals surface area contributed by atoms with Gasteiger partial charge in [0.15, 0.2) is 0 Å². The van der Waals surface area contributed by atoms with E-state index < -0.39 is 0 Å². The third-order valence-corrected chi connectivity index (χ3v) is 7.41. The van der Waals surface area contributed by atoms with Gasteiger partial charge in [0.1, 0.15) is 0 Å². The first-order valence-corrected chi connectivity index (χ1v) is 12.7. The molecular weight excluding hydrogens is 442 g/mol. The lowest BCUT2D eigenvalue weighted by molar-refractivity contribution is 0.258. The fourth-order valence-electron chi connectivity index (χ4n) is 4.78. The summed E-state index contributed by atoms with van der Waals surface area (Å²) < 4.78 is 2.05. The molecule has 1 aliphatic rings. The van der Waals surface area contributed by atoms with Gasteiger partial charge >= 0.3 is 0 Å². The van der Waals surface area contributed by atoms with E-state index in [0.717, 1.165) is 48.0 Å². The Labute approximate surface area is 208 Å². The molecule has 0 radical (unpaired) electrons. The smallest absolute Gasteiger partial charge is 0.0918 e. The van der Waals surface area contributed by atoms with Crippen LogP contribution in [-0.4, -0.2) is 39.5 Å². The molecular formula is C28H36ClN5. The van der Waals surface area contributed by atoms with Crippen molar-refractivity contribution >= 4 is 22.9 Å². The first-order valence-electron chi connectivity index (χ1n) is 12.3. The van der Waals surface area contributed by atoms with Crippen LogP contribution in [0.4, 0.5) is 5.69 Å². The number of nitrogens with zero attached hydrogens (tertiary/aromatic N) is 4. The quantitative estimate of drug-likeness (QED) is 0.379. The van der Waals surface area contributed by atoms with Gasteiger partial charge in [-0.25, -0.2) is 4.68 Å². The van der Waals surface area contributed by atoms with E-state index in [4.69, 9.17) is 11.6 Å². The van der Waals surface area contributed by atoms with Crippen molar-refractivity contribution in [3.63, 3.8) is 0 Å². The van der Waals surface area contributed by atoms with Gasteiger partial charge in [-0.1, -0.05) is 48.0 Å². The molecule has 0 spiro atoms. The maximum Gasteiger partial charge on any atom is 0.0918 e. The highest BCUT2D eigenvalue weighted by Crippen LogP contribution is 2.38. The van der Waals surface area contributed by atoms with Gasteiger partial charge in [-0.2, -0.15) is 0 Å². The molecule has 3 aromatic rings. The lowest BCUT2D eigenvalue weighted by Crippen LogP contribution is -2.29. The van der Waals surface area contributed by atoms with Crippen LogP contribution in [-0.2, 0) is 6.54 Å². The molecule has 1 N–H and O–H groups in total. The molecule has 2 unspecified atom stereocenters. The second kappa shape index (κ2) is 10.7. The molecule has 0 bridgehead atoms. The van der Waals surface area contributed by atoms with Gasteiger partial charge in [-0.15, -0.1) is 5.10 Å². The van der Waals surface area contributed by atoms with Gasteiger partial charge in [0, 0.05) is 35.4 Å². The number of hydrogen-bond acceptors (Lipinski definition) is 4. The van der Waals surface area contributed by atoms with E-state index in [1.807, 2.05) is 29.8 Å². The Morgan fingerprint density at radius 2 is 2.12 bits per heavy atom. The number of fused-ring (bicyclic) bond motifs is 3. The Balaban J connectivity index is 1.70. The number of aryl methyl sites for hydroxylation is 2. The average Bonchev–Trinajstić information content (AvgIpc) is 3.13. The normalized spacial score (nSPS) is 16.7. The van der Waals surface area contributed by atoms with Gasteiger partial charge in [-0.3, -0.25) is 0 Å². The highest BCUT2D eigenvalue weighted by Gasteiger charge is 2.26. The molecule has 2 aromatic carbocycles. The van der Waals surface area contributed by atoms with Crippen molar-refractivity contribution in [2.75, 3.05) is 18.9 Å². The minimum Gasteiger partial charge on any atom is -0.378 e. The summed E-state index contributed by atoms with van der Waals surface area (Å²) >= 11 is 6.28. The van der Waals surface area contributed by atoms with Gasteiger partial charge in [-0.05, 0) is 88.0 Å². The summed E-state index contributed by atoms with van der Waals surface area (Å²) in [6, 6.07) is 15.6. The number of aromatic nitrogens is 3. The van der Waals surface area contributed by atoms with Crippen molar-refractivity contribution in [3.05, 3.63) is 70.4 Å². The predicted molar refractivity (Wildman–Crippen MR) is 143 cm³/mol. The molecule has 180 valence electrons. The lowest BCUT2D eigenvalue weighted by Gasteiger charge is -2.25. The molecule has 6 heteroatoms. The van der Waals surface area contributed by atoms with Crippen LogP contribution in [0.1, 0.15) is 62.9 Å². The fourth-order valence-corrected chi connectivity index (χ4v) is 4.97. The second-order valence-corrected chi connectivity index (χ2v) is 9.78. The first-order chi connectivity index (χ1) is 16.4. The van der Waals surface area contributed by atoms with E-state index >= 15 is 0 Å². The number of hydrogen-bond donors (Lipinski definition) is 1. The number of benzene rings is 2.